The van der Waals surface area contributed by atoms with E-state index in [2.05, 4.69) is 245 Å². The summed E-state index contributed by atoms with van der Waals surface area (Å²) in [4.78, 5) is 2.45. The van der Waals surface area contributed by atoms with Gasteiger partial charge in [0.15, 0.2) is 0 Å². The van der Waals surface area contributed by atoms with Gasteiger partial charge in [0, 0.05) is 27.9 Å². The Morgan fingerprint density at radius 3 is 1.38 bits per heavy atom. The second kappa shape index (κ2) is 13.9. The number of anilines is 3. The monoisotopic (exact) mass is 829 g/mol. The van der Waals surface area contributed by atoms with Gasteiger partial charge in [0.2, 0.25) is 0 Å². The number of fused-ring (bicyclic) bond motifs is 12. The van der Waals surface area contributed by atoms with E-state index in [4.69, 9.17) is 0 Å². The molecular formula is C64H47N. The van der Waals surface area contributed by atoms with E-state index in [1.165, 1.54) is 121 Å². The Hall–Kier alpha value is -7.74. The van der Waals surface area contributed by atoms with Crippen molar-refractivity contribution in [3.05, 3.63) is 235 Å². The second-order valence-corrected chi connectivity index (χ2v) is 19.3. The molecule has 0 bridgehead atoms. The summed E-state index contributed by atoms with van der Waals surface area (Å²) in [5.41, 5.74) is 19.0. The fourth-order valence-corrected chi connectivity index (χ4v) is 11.7. The lowest BCUT2D eigenvalue weighted by molar-refractivity contribution is 0.660. The molecule has 1 heteroatoms. The summed E-state index contributed by atoms with van der Waals surface area (Å²) in [7, 11) is 0. The predicted octanol–water partition coefficient (Wildman–Crippen LogP) is 17.7. The largest absolute Gasteiger partial charge is 0.310 e. The maximum absolute atomic E-state index is 2.49. The Bertz CT molecular complexity index is 3780. The first-order valence-corrected chi connectivity index (χ1v) is 23.0. The molecule has 2 aliphatic carbocycles. The molecule has 0 heterocycles. The van der Waals surface area contributed by atoms with Gasteiger partial charge in [-0.2, -0.15) is 0 Å². The zero-order valence-electron chi connectivity index (χ0n) is 37.2. The van der Waals surface area contributed by atoms with Crippen LogP contribution in [0.2, 0.25) is 0 Å². The van der Waals surface area contributed by atoms with Crippen LogP contribution in [0.15, 0.2) is 212 Å². The summed E-state index contributed by atoms with van der Waals surface area (Å²) in [5.74, 6) is 0. The zero-order valence-corrected chi connectivity index (χ0v) is 37.2. The van der Waals surface area contributed by atoms with Crippen LogP contribution in [0.4, 0.5) is 17.1 Å². The molecule has 0 unspecified atom stereocenters. The lowest BCUT2D eigenvalue weighted by atomic mass is 9.81. The van der Waals surface area contributed by atoms with Crippen LogP contribution >= 0.6 is 0 Å². The van der Waals surface area contributed by atoms with Gasteiger partial charge >= 0.3 is 0 Å². The van der Waals surface area contributed by atoms with Crippen molar-refractivity contribution in [1.29, 1.82) is 0 Å². The fraction of sp³-hybridized carbons (Fsp3) is 0.0938. The Balaban J connectivity index is 0.941. The van der Waals surface area contributed by atoms with E-state index in [9.17, 15) is 0 Å². The number of hydrogen-bond donors (Lipinski definition) is 0. The second-order valence-electron chi connectivity index (χ2n) is 19.3. The molecule has 13 rings (SSSR count). The molecule has 1 nitrogen and oxygen atoms in total. The Morgan fingerprint density at radius 1 is 0.277 bits per heavy atom. The Kier molecular flexibility index (Phi) is 8.07. The third-order valence-electron chi connectivity index (χ3n) is 15.0. The van der Waals surface area contributed by atoms with E-state index in [1.807, 2.05) is 0 Å². The van der Waals surface area contributed by atoms with Crippen molar-refractivity contribution in [2.24, 2.45) is 0 Å². The first-order valence-electron chi connectivity index (χ1n) is 23.0. The number of rotatable bonds is 5. The van der Waals surface area contributed by atoms with Gasteiger partial charge in [-0.25, -0.2) is 0 Å². The highest BCUT2D eigenvalue weighted by Crippen LogP contribution is 2.54. The molecule has 2 aliphatic rings. The zero-order chi connectivity index (χ0) is 43.6. The Labute approximate surface area is 380 Å². The molecule has 0 atom stereocenters. The number of benzene rings is 11. The lowest BCUT2D eigenvalue weighted by Gasteiger charge is -2.29. The first-order chi connectivity index (χ1) is 31.7. The minimum atomic E-state index is -0.229. The van der Waals surface area contributed by atoms with Crippen molar-refractivity contribution in [3.63, 3.8) is 0 Å². The van der Waals surface area contributed by atoms with Gasteiger partial charge in [-0.05, 0) is 171 Å². The summed E-state index contributed by atoms with van der Waals surface area (Å²) in [6.07, 6.45) is 0. The molecule has 65 heavy (non-hydrogen) atoms. The molecule has 11 aromatic rings. The number of nitrogens with zero attached hydrogens (tertiary/aromatic N) is 1. The van der Waals surface area contributed by atoms with Crippen LogP contribution in [0, 0.1) is 0 Å². The van der Waals surface area contributed by atoms with E-state index < -0.39 is 0 Å². The van der Waals surface area contributed by atoms with Crippen molar-refractivity contribution in [3.8, 4) is 44.5 Å². The average molecular weight is 830 g/mol. The molecule has 308 valence electrons. The molecule has 11 aromatic carbocycles. The van der Waals surface area contributed by atoms with E-state index >= 15 is 0 Å². The van der Waals surface area contributed by atoms with E-state index in [-0.39, 0.29) is 10.8 Å². The normalized spacial score (nSPS) is 14.1. The maximum atomic E-state index is 2.49. The minimum Gasteiger partial charge on any atom is -0.310 e. The first kappa shape index (κ1) is 37.8. The van der Waals surface area contributed by atoms with Gasteiger partial charge in [-0.3, -0.25) is 0 Å². The highest BCUT2D eigenvalue weighted by molar-refractivity contribution is 6.26. The fourth-order valence-electron chi connectivity index (χ4n) is 11.7. The molecule has 0 spiro atoms. The molecule has 0 aliphatic heterocycles. The third kappa shape index (κ3) is 5.58. The summed E-state index contributed by atoms with van der Waals surface area (Å²) < 4.78 is 0. The average Bonchev–Trinajstić information content (AvgIpc) is 3.72. The van der Waals surface area contributed by atoms with Crippen LogP contribution in [0.1, 0.15) is 49.9 Å². The van der Waals surface area contributed by atoms with Crippen LogP contribution in [-0.4, -0.2) is 0 Å². The SMILES string of the molecule is CC1(C)c2ccccc2-c2ccc(N(c3ccccc3)c3ccc4c(c3)C(C)(C)c3cc(-c5cc6cc(-c7ccc8ccccc8c7)c7ccccc7c6c6ccccc56)ccc3-4)cc21. The molecule has 0 saturated heterocycles. The van der Waals surface area contributed by atoms with Gasteiger partial charge < -0.3 is 4.90 Å². The summed E-state index contributed by atoms with van der Waals surface area (Å²) in [6.45, 7) is 9.55. The quantitative estimate of drug-likeness (QED) is 0.156. The highest BCUT2D eigenvalue weighted by Gasteiger charge is 2.38. The molecule has 0 aromatic heterocycles. The number of hydrogen-bond acceptors (Lipinski definition) is 1. The van der Waals surface area contributed by atoms with Gasteiger partial charge in [-0.1, -0.05) is 179 Å². The van der Waals surface area contributed by atoms with Gasteiger partial charge in [0.25, 0.3) is 0 Å². The summed E-state index contributed by atoms with van der Waals surface area (Å²) >= 11 is 0. The Morgan fingerprint density at radius 2 is 0.738 bits per heavy atom. The van der Waals surface area contributed by atoms with Crippen LogP contribution in [0.3, 0.4) is 0 Å². The van der Waals surface area contributed by atoms with Gasteiger partial charge in [0.1, 0.15) is 0 Å². The third-order valence-corrected chi connectivity index (χ3v) is 15.0. The van der Waals surface area contributed by atoms with Crippen LogP contribution in [0.5, 0.6) is 0 Å². The minimum absolute atomic E-state index is 0.0900. The van der Waals surface area contributed by atoms with Crippen LogP contribution < -0.4 is 4.90 Å². The molecule has 0 fully saturated rings. The molecule has 0 saturated carbocycles. The summed E-state index contributed by atoms with van der Waals surface area (Å²) in [6, 6.07) is 79.6. The maximum Gasteiger partial charge on any atom is 0.0465 e. The van der Waals surface area contributed by atoms with Crippen molar-refractivity contribution in [1.82, 2.24) is 0 Å². The van der Waals surface area contributed by atoms with Crippen molar-refractivity contribution >= 4 is 60.2 Å². The summed E-state index contributed by atoms with van der Waals surface area (Å²) in [5, 5.41) is 10.2. The number of para-hydroxylation sites is 1. The molecule has 0 amide bonds. The van der Waals surface area contributed by atoms with Crippen LogP contribution in [0.25, 0.3) is 87.6 Å². The molecule has 0 N–H and O–H groups in total. The highest BCUT2D eigenvalue weighted by atomic mass is 15.1. The topological polar surface area (TPSA) is 3.24 Å². The molecular weight excluding hydrogens is 783 g/mol. The van der Waals surface area contributed by atoms with Gasteiger partial charge in [0.05, 0.1) is 0 Å². The van der Waals surface area contributed by atoms with Crippen LogP contribution in [-0.2, 0) is 10.8 Å². The van der Waals surface area contributed by atoms with E-state index in [1.54, 1.807) is 0 Å². The predicted molar refractivity (Wildman–Crippen MR) is 277 cm³/mol. The molecule has 0 radical (unpaired) electrons. The van der Waals surface area contributed by atoms with Crippen molar-refractivity contribution in [2.75, 3.05) is 4.90 Å². The van der Waals surface area contributed by atoms with Crippen molar-refractivity contribution in [2.45, 2.75) is 38.5 Å². The van der Waals surface area contributed by atoms with E-state index in [0.717, 1.165) is 5.69 Å². The lowest BCUT2D eigenvalue weighted by Crippen LogP contribution is -2.18. The standard InChI is InChI=1S/C64H47N/c1-63(2)58-25-15-14-22-50(58)52-32-29-46(38-60(52)63)65(45-18-6-5-7-19-45)47-30-33-53-51-31-28-43(37-59(51)64(3,4)61(53)39-47)57-36-44-35-56(42-27-26-40-16-8-9-17-41(40)34-42)48-20-10-12-23-54(48)62(44)55-24-13-11-21-49(55)57/h5-39H,1-4H3. The smallest absolute Gasteiger partial charge is 0.0465 e. The van der Waals surface area contributed by atoms with E-state index in [0.29, 0.717) is 0 Å². The van der Waals surface area contributed by atoms with Crippen molar-refractivity contribution < 1.29 is 0 Å². The van der Waals surface area contributed by atoms with Gasteiger partial charge in [-0.15, -0.1) is 0 Å².